The van der Waals surface area contributed by atoms with Gasteiger partial charge in [0.05, 0.1) is 17.7 Å². The first-order valence-electron chi connectivity index (χ1n) is 6.31. The van der Waals surface area contributed by atoms with Crippen LogP contribution in [0.5, 0.6) is 0 Å². The maximum atomic E-state index is 10.6. The second-order valence-corrected chi connectivity index (χ2v) is 5.00. The second-order valence-electron chi connectivity index (χ2n) is 4.01. The summed E-state index contributed by atoms with van der Waals surface area (Å²) in [4.78, 5) is 16.0. The summed E-state index contributed by atoms with van der Waals surface area (Å²) >= 11 is 1.40. The molecule has 0 fully saturated rings. The van der Waals surface area contributed by atoms with Crippen molar-refractivity contribution in [2.24, 2.45) is 0 Å². The van der Waals surface area contributed by atoms with Crippen LogP contribution in [0.1, 0.15) is 18.2 Å². The van der Waals surface area contributed by atoms with Gasteiger partial charge in [0.1, 0.15) is 5.76 Å². The third kappa shape index (κ3) is 3.05. The monoisotopic (exact) mass is 288 g/mol. The smallest absolute Gasteiger partial charge is 0.213 e. The molecule has 1 aromatic heterocycles. The van der Waals surface area contributed by atoms with E-state index in [0.29, 0.717) is 11.5 Å². The molecule has 1 N–H and O–H groups in total. The number of thiazole rings is 1. The molecule has 0 saturated heterocycles. The molecule has 1 amide bonds. The number of nitrogens with one attached hydrogen (secondary N) is 1. The van der Waals surface area contributed by atoms with Crippen LogP contribution in [0, 0.1) is 0 Å². The molecule has 0 bridgehead atoms. The number of aromatic nitrogens is 1. The van der Waals surface area contributed by atoms with Gasteiger partial charge >= 0.3 is 0 Å². The Balaban J connectivity index is 2.54. The Hall–Kier alpha value is -2.14. The van der Waals surface area contributed by atoms with E-state index in [-0.39, 0.29) is 0 Å². The minimum absolute atomic E-state index is 0.563. The number of nitrogens with zero attached hydrogens (tertiary/aromatic N) is 1. The van der Waals surface area contributed by atoms with Crippen molar-refractivity contribution in [1.82, 2.24) is 4.98 Å². The van der Waals surface area contributed by atoms with Gasteiger partial charge in [0.2, 0.25) is 6.41 Å². The Morgan fingerprint density at radius 2 is 2.15 bits per heavy atom. The number of amides is 1. The van der Waals surface area contributed by atoms with E-state index in [1.54, 1.807) is 7.11 Å². The molecule has 0 aliphatic heterocycles. The highest BCUT2D eigenvalue weighted by molar-refractivity contribution is 7.17. The first kappa shape index (κ1) is 14.3. The molecule has 4 nitrogen and oxygen atoms in total. The van der Waals surface area contributed by atoms with Crippen LogP contribution in [0.15, 0.2) is 36.4 Å². The molecule has 1 aromatic carbocycles. The number of carbonyl (C=O) groups excluding carboxylic acids is 1. The zero-order chi connectivity index (χ0) is 14.4. The zero-order valence-corrected chi connectivity index (χ0v) is 12.2. The van der Waals surface area contributed by atoms with Gasteiger partial charge in [-0.1, -0.05) is 48.6 Å². The number of rotatable bonds is 6. The van der Waals surface area contributed by atoms with Crippen LogP contribution in [0.4, 0.5) is 5.13 Å². The molecule has 2 aromatic rings. The molecule has 0 spiro atoms. The van der Waals surface area contributed by atoms with Gasteiger partial charge in [0.25, 0.3) is 0 Å². The molecule has 104 valence electrons. The number of ether oxygens (including phenoxy) is 1. The Kier molecular flexibility index (Phi) is 4.90. The minimum Gasteiger partial charge on any atom is -0.496 e. The molecular weight excluding hydrogens is 272 g/mol. The van der Waals surface area contributed by atoms with E-state index in [4.69, 9.17) is 4.74 Å². The van der Waals surface area contributed by atoms with Crippen LogP contribution in [-0.2, 0) is 9.53 Å². The number of carbonyl (C=O) groups is 1. The maximum absolute atomic E-state index is 10.6. The average Bonchev–Trinajstić information content (AvgIpc) is 2.90. The lowest BCUT2D eigenvalue weighted by Crippen LogP contribution is -1.92. The number of allylic oxidation sites excluding steroid dienone is 1. The van der Waals surface area contributed by atoms with Crippen LogP contribution < -0.4 is 5.32 Å². The van der Waals surface area contributed by atoms with Gasteiger partial charge in [0, 0.05) is 5.56 Å². The molecule has 0 unspecified atom stereocenters. The Morgan fingerprint density at radius 1 is 1.40 bits per heavy atom. The normalized spacial score (nSPS) is 11.2. The third-order valence-electron chi connectivity index (χ3n) is 2.69. The Bertz CT molecular complexity index is 606. The van der Waals surface area contributed by atoms with Crippen LogP contribution in [0.2, 0.25) is 0 Å². The summed E-state index contributed by atoms with van der Waals surface area (Å²) in [5.41, 5.74) is 1.82. The van der Waals surface area contributed by atoms with Crippen molar-refractivity contribution in [3.63, 3.8) is 0 Å². The Morgan fingerprint density at radius 3 is 2.75 bits per heavy atom. The maximum Gasteiger partial charge on any atom is 0.213 e. The highest BCUT2D eigenvalue weighted by atomic mass is 32.1. The van der Waals surface area contributed by atoms with Crippen LogP contribution in [0.3, 0.4) is 0 Å². The fourth-order valence-corrected chi connectivity index (χ4v) is 2.81. The molecule has 5 heteroatoms. The summed E-state index contributed by atoms with van der Waals surface area (Å²) in [5.74, 6) is 0.780. The van der Waals surface area contributed by atoms with Crippen LogP contribution in [0.25, 0.3) is 17.0 Å². The summed E-state index contributed by atoms with van der Waals surface area (Å²) in [6, 6.07) is 9.85. The summed E-state index contributed by atoms with van der Waals surface area (Å²) < 4.78 is 5.45. The average molecular weight is 288 g/mol. The zero-order valence-electron chi connectivity index (χ0n) is 11.4. The van der Waals surface area contributed by atoms with E-state index in [9.17, 15) is 4.79 Å². The largest absolute Gasteiger partial charge is 0.496 e. The summed E-state index contributed by atoms with van der Waals surface area (Å²) in [5, 5.41) is 3.17. The number of methoxy groups -OCH3 is 1. The molecule has 0 radical (unpaired) electrons. The number of hydrogen-bond donors (Lipinski definition) is 1. The molecule has 1 heterocycles. The first-order chi connectivity index (χ1) is 9.80. The fourth-order valence-electron chi connectivity index (χ4n) is 1.85. The van der Waals surface area contributed by atoms with Gasteiger partial charge in [-0.3, -0.25) is 4.79 Å². The lowest BCUT2D eigenvalue weighted by Gasteiger charge is -2.06. The van der Waals surface area contributed by atoms with E-state index in [1.807, 2.05) is 43.3 Å². The van der Waals surface area contributed by atoms with Gasteiger partial charge in [-0.15, -0.1) is 0 Å². The van der Waals surface area contributed by atoms with Gasteiger partial charge in [-0.2, -0.15) is 0 Å². The molecular formula is C15H16N2O2S. The molecule has 0 aliphatic rings. The third-order valence-corrected chi connectivity index (χ3v) is 3.69. The molecule has 0 atom stereocenters. The molecule has 0 aliphatic carbocycles. The van der Waals surface area contributed by atoms with E-state index < -0.39 is 0 Å². The van der Waals surface area contributed by atoms with Gasteiger partial charge < -0.3 is 10.1 Å². The van der Waals surface area contributed by atoms with Crippen molar-refractivity contribution in [2.75, 3.05) is 12.4 Å². The summed E-state index contributed by atoms with van der Waals surface area (Å²) in [6.45, 7) is 2.05. The van der Waals surface area contributed by atoms with Crippen molar-refractivity contribution in [3.8, 4) is 11.3 Å². The van der Waals surface area contributed by atoms with Crippen molar-refractivity contribution < 1.29 is 9.53 Å². The molecule has 20 heavy (non-hydrogen) atoms. The predicted molar refractivity (Wildman–Crippen MR) is 82.5 cm³/mol. The lowest BCUT2D eigenvalue weighted by molar-refractivity contribution is -0.105. The standard InChI is InChI=1S/C15H16N2O2S/c1-3-7-12(19-2)14-13(11-8-5-4-6-9-11)17-15(20-14)16-10-18/h4-10H,3H2,1-2H3,(H,16,17,18)/b12-7-. The van der Waals surface area contributed by atoms with Crippen molar-refractivity contribution in [3.05, 3.63) is 41.3 Å². The SMILES string of the molecule is CC/C=C(\OC)c1sc(NC=O)nc1-c1ccccc1. The lowest BCUT2D eigenvalue weighted by atomic mass is 10.1. The quantitative estimate of drug-likeness (QED) is 0.650. The van der Waals surface area contributed by atoms with E-state index in [2.05, 4.69) is 10.3 Å². The van der Waals surface area contributed by atoms with E-state index in [1.165, 1.54) is 11.3 Å². The van der Waals surface area contributed by atoms with Crippen LogP contribution >= 0.6 is 11.3 Å². The van der Waals surface area contributed by atoms with Crippen molar-refractivity contribution in [1.29, 1.82) is 0 Å². The second kappa shape index (κ2) is 6.86. The predicted octanol–water partition coefficient (Wildman–Crippen LogP) is 3.78. The highest BCUT2D eigenvalue weighted by Gasteiger charge is 2.16. The number of benzene rings is 1. The van der Waals surface area contributed by atoms with E-state index >= 15 is 0 Å². The van der Waals surface area contributed by atoms with Gasteiger partial charge in [-0.05, 0) is 12.5 Å². The summed E-state index contributed by atoms with van der Waals surface area (Å²) in [6.07, 6.45) is 3.50. The van der Waals surface area contributed by atoms with Gasteiger partial charge in [0.15, 0.2) is 5.13 Å². The summed E-state index contributed by atoms with van der Waals surface area (Å²) in [7, 11) is 1.64. The van der Waals surface area contributed by atoms with E-state index in [0.717, 1.165) is 28.3 Å². The number of hydrogen-bond acceptors (Lipinski definition) is 4. The highest BCUT2D eigenvalue weighted by Crippen LogP contribution is 2.36. The molecule has 2 rings (SSSR count). The van der Waals surface area contributed by atoms with Gasteiger partial charge in [-0.25, -0.2) is 4.98 Å². The van der Waals surface area contributed by atoms with Crippen molar-refractivity contribution >= 4 is 28.6 Å². The van der Waals surface area contributed by atoms with Crippen molar-refractivity contribution in [2.45, 2.75) is 13.3 Å². The Labute approximate surface area is 122 Å². The topological polar surface area (TPSA) is 51.2 Å². The first-order valence-corrected chi connectivity index (χ1v) is 7.12. The fraction of sp³-hybridized carbons (Fsp3) is 0.200. The molecule has 0 saturated carbocycles. The van der Waals surface area contributed by atoms with Crippen LogP contribution in [-0.4, -0.2) is 18.5 Å². The minimum atomic E-state index is 0.563. The number of anilines is 1.